The molecule has 5 saturated carbocycles. The normalized spacial score (nSPS) is 46.3. The lowest BCUT2D eigenvalue weighted by molar-refractivity contribution is -0.168. The summed E-state index contributed by atoms with van der Waals surface area (Å²) in [4.78, 5) is 12.8. The van der Waals surface area contributed by atoms with Crippen LogP contribution in [0.4, 0.5) is 0 Å². The Morgan fingerprint density at radius 2 is 1.44 bits per heavy atom. The molecule has 0 bridgehead atoms. The van der Waals surface area contributed by atoms with Crippen molar-refractivity contribution in [2.24, 2.45) is 56.7 Å². The van der Waals surface area contributed by atoms with E-state index in [-0.39, 0.29) is 27.6 Å². The largest absolute Gasteiger partial charge is 0.397 e. The second kappa shape index (κ2) is 9.96. The smallest absolute Gasteiger partial charge is 0.300 e. The molecule has 0 aromatic carbocycles. The van der Waals surface area contributed by atoms with Crippen LogP contribution < -0.4 is 0 Å². The molecule has 2 spiro atoms. The Morgan fingerprint density at radius 1 is 0.805 bits per heavy atom. The van der Waals surface area contributed by atoms with Gasteiger partial charge in [0, 0.05) is 18.3 Å². The van der Waals surface area contributed by atoms with E-state index in [1.165, 1.54) is 0 Å². The van der Waals surface area contributed by atoms with Crippen LogP contribution in [0.2, 0.25) is 0 Å². The Hall–Kier alpha value is -0.590. The van der Waals surface area contributed by atoms with E-state index < -0.39 is 38.9 Å². The average molecular weight is 619 g/mol. The summed E-state index contributed by atoms with van der Waals surface area (Å²) in [5, 5.41) is 0. The molecule has 0 aromatic heterocycles. The van der Waals surface area contributed by atoms with Gasteiger partial charge in [-0.2, -0.15) is 16.8 Å². The van der Waals surface area contributed by atoms with Gasteiger partial charge in [0.15, 0.2) is 0 Å². The summed E-state index contributed by atoms with van der Waals surface area (Å²) in [5.74, 6) is 2.03. The number of fused-ring (bicyclic) bond motifs is 2. The number of rotatable bonds is 10. The van der Waals surface area contributed by atoms with Crippen LogP contribution in [0.15, 0.2) is 0 Å². The van der Waals surface area contributed by atoms with Gasteiger partial charge in [-0.25, -0.2) is 8.37 Å². The summed E-state index contributed by atoms with van der Waals surface area (Å²) in [6, 6.07) is 0. The van der Waals surface area contributed by atoms with Crippen molar-refractivity contribution in [2.75, 3.05) is 6.61 Å². The highest BCUT2D eigenvalue weighted by atomic mass is 32.3. The monoisotopic (exact) mass is 618 g/mol. The Morgan fingerprint density at radius 3 is 2.05 bits per heavy atom. The fraction of sp³-hybridized carbons (Fsp3) is 0.967. The first kappa shape index (κ1) is 31.8. The predicted molar refractivity (Wildman–Crippen MR) is 153 cm³/mol. The molecule has 0 amide bonds. The van der Waals surface area contributed by atoms with E-state index in [1.54, 1.807) is 6.92 Å². The third kappa shape index (κ3) is 4.96. The molecule has 5 rings (SSSR count). The first-order valence-corrected chi connectivity index (χ1v) is 18.3. The highest BCUT2D eigenvalue weighted by Gasteiger charge is 2.82. The van der Waals surface area contributed by atoms with Gasteiger partial charge in [-0.05, 0) is 109 Å². The van der Waals surface area contributed by atoms with Gasteiger partial charge in [0.05, 0.1) is 12.7 Å². The molecule has 11 heteroatoms. The quantitative estimate of drug-likeness (QED) is 0.279. The van der Waals surface area contributed by atoms with Crippen LogP contribution in [0, 0.1) is 56.7 Å². The lowest BCUT2D eigenvalue weighted by Gasteiger charge is -2.63. The standard InChI is InChI=1S/C30H50O9S2/c1-19(2)15-21(31)16-20(3)22-9-11-28(6)24-8-7-23-26(4,18-38-40(32,33)34)25(39-41(35,36)37)10-12-29(23)17-30(24,29)14-13-27(22,28)5/h19-20,22-25H,7-18H2,1-6H3,(H,32,33,34)(H,35,36,37)/t20?,22-,23+,24+,25+,26+,27-,28+,29-,30+/m1/s1. The van der Waals surface area contributed by atoms with Gasteiger partial charge in [-0.15, -0.1) is 0 Å². The fourth-order valence-electron chi connectivity index (χ4n) is 11.9. The average Bonchev–Trinajstić information content (AvgIpc) is 3.40. The molecule has 5 aliphatic carbocycles. The molecular weight excluding hydrogens is 568 g/mol. The van der Waals surface area contributed by atoms with Crippen LogP contribution in [0.5, 0.6) is 0 Å². The number of carbonyl (C=O) groups is 1. The molecule has 0 saturated heterocycles. The lowest BCUT2D eigenvalue weighted by atomic mass is 9.41. The molecule has 9 nitrogen and oxygen atoms in total. The van der Waals surface area contributed by atoms with Crippen LogP contribution in [-0.2, 0) is 34.0 Å². The molecule has 0 aliphatic heterocycles. The third-order valence-corrected chi connectivity index (χ3v) is 14.4. The molecule has 2 N–H and O–H groups in total. The summed E-state index contributed by atoms with van der Waals surface area (Å²) in [6.45, 7) is 12.8. The van der Waals surface area contributed by atoms with E-state index in [4.69, 9.17) is 8.37 Å². The number of Topliss-reactive ketones (excluding diaryl/α,β-unsaturated/α-hetero) is 1. The van der Waals surface area contributed by atoms with E-state index >= 15 is 0 Å². The van der Waals surface area contributed by atoms with E-state index in [0.717, 1.165) is 51.4 Å². The summed E-state index contributed by atoms with van der Waals surface area (Å²) in [7, 11) is -9.52. The maximum absolute atomic E-state index is 12.8. The minimum atomic E-state index is -4.77. The van der Waals surface area contributed by atoms with Crippen LogP contribution in [0.1, 0.15) is 112 Å². The lowest BCUT2D eigenvalue weighted by Crippen LogP contribution is -2.59. The van der Waals surface area contributed by atoms with Crippen LogP contribution >= 0.6 is 0 Å². The van der Waals surface area contributed by atoms with Gasteiger partial charge in [0.25, 0.3) is 0 Å². The van der Waals surface area contributed by atoms with Crippen LogP contribution in [0.3, 0.4) is 0 Å². The molecule has 0 heterocycles. The van der Waals surface area contributed by atoms with E-state index in [2.05, 4.69) is 34.6 Å². The molecule has 236 valence electrons. The minimum absolute atomic E-state index is 0.0637. The summed E-state index contributed by atoms with van der Waals surface area (Å²) in [6.07, 6.45) is 8.65. The predicted octanol–water partition coefficient (Wildman–Crippen LogP) is 6.05. The van der Waals surface area contributed by atoms with Crippen molar-refractivity contribution >= 4 is 26.6 Å². The van der Waals surface area contributed by atoms with Crippen molar-refractivity contribution in [1.82, 2.24) is 0 Å². The molecule has 5 fully saturated rings. The Bertz CT molecular complexity index is 1280. The molecule has 1 unspecified atom stereocenters. The van der Waals surface area contributed by atoms with Gasteiger partial charge < -0.3 is 0 Å². The van der Waals surface area contributed by atoms with E-state index in [0.29, 0.717) is 48.7 Å². The van der Waals surface area contributed by atoms with Crippen LogP contribution in [0.25, 0.3) is 0 Å². The molecule has 0 aromatic rings. The molecule has 41 heavy (non-hydrogen) atoms. The van der Waals surface area contributed by atoms with Gasteiger partial charge in [0.2, 0.25) is 0 Å². The van der Waals surface area contributed by atoms with Crippen molar-refractivity contribution in [3.63, 3.8) is 0 Å². The first-order valence-electron chi connectivity index (χ1n) is 15.5. The second-order valence-electron chi connectivity index (χ2n) is 15.7. The van der Waals surface area contributed by atoms with Crippen molar-refractivity contribution < 1.29 is 39.1 Å². The minimum Gasteiger partial charge on any atom is -0.300 e. The van der Waals surface area contributed by atoms with Crippen LogP contribution in [-0.4, -0.2) is 44.4 Å². The summed E-state index contributed by atoms with van der Waals surface area (Å²) < 4.78 is 75.7. The van der Waals surface area contributed by atoms with Gasteiger partial charge in [-0.3, -0.25) is 13.9 Å². The Kier molecular flexibility index (Phi) is 7.73. The van der Waals surface area contributed by atoms with Crippen molar-refractivity contribution in [3.8, 4) is 0 Å². The van der Waals surface area contributed by atoms with Gasteiger partial charge >= 0.3 is 20.8 Å². The Balaban J connectivity index is 1.42. The summed E-state index contributed by atoms with van der Waals surface area (Å²) >= 11 is 0. The Labute approximate surface area is 246 Å². The van der Waals surface area contributed by atoms with Crippen molar-refractivity contribution in [3.05, 3.63) is 0 Å². The van der Waals surface area contributed by atoms with E-state index in [9.17, 15) is 30.7 Å². The number of hydrogen-bond acceptors (Lipinski definition) is 7. The fourth-order valence-corrected chi connectivity index (χ4v) is 12.9. The van der Waals surface area contributed by atoms with Crippen molar-refractivity contribution in [2.45, 2.75) is 118 Å². The second-order valence-corrected chi connectivity index (χ2v) is 17.9. The SMILES string of the molecule is CC(C)CC(=O)CC(C)[C@H]1CC[C@@]2(C)[C@@H]3CC[C@H]4[C@](C)(COS(=O)(=O)O)[C@@H](OS(=O)(=O)O)CC[C@@]45C[C@@]35CC[C@]12C. The molecule has 10 atom stereocenters. The maximum Gasteiger partial charge on any atom is 0.397 e. The molecular formula is C30H50O9S2. The number of carbonyl (C=O) groups excluding carboxylic acids is 1. The zero-order valence-corrected chi connectivity index (χ0v) is 27.2. The first-order chi connectivity index (χ1) is 18.7. The summed E-state index contributed by atoms with van der Waals surface area (Å²) in [5.41, 5.74) is -0.738. The van der Waals surface area contributed by atoms with Crippen molar-refractivity contribution in [1.29, 1.82) is 0 Å². The third-order valence-electron chi connectivity index (χ3n) is 13.5. The zero-order valence-electron chi connectivity index (χ0n) is 25.5. The zero-order chi connectivity index (χ0) is 30.4. The highest BCUT2D eigenvalue weighted by Crippen LogP contribution is 2.89. The highest BCUT2D eigenvalue weighted by molar-refractivity contribution is 7.81. The van der Waals surface area contributed by atoms with E-state index in [1.807, 2.05) is 0 Å². The topological polar surface area (TPSA) is 144 Å². The number of ketones is 1. The van der Waals surface area contributed by atoms with Gasteiger partial charge in [0.1, 0.15) is 5.78 Å². The van der Waals surface area contributed by atoms with Gasteiger partial charge in [-0.1, -0.05) is 41.5 Å². The maximum atomic E-state index is 12.8. The molecule has 5 aliphatic rings. The molecule has 0 radical (unpaired) electrons. The number of hydrogen-bond donors (Lipinski definition) is 2.